The van der Waals surface area contributed by atoms with Crippen molar-refractivity contribution in [1.82, 2.24) is 20.3 Å². The number of nitrogens with zero attached hydrogens (tertiary/aromatic N) is 3. The van der Waals surface area contributed by atoms with Gasteiger partial charge in [0.2, 0.25) is 0 Å². The van der Waals surface area contributed by atoms with Crippen molar-refractivity contribution in [3.05, 3.63) is 41.7 Å². The summed E-state index contributed by atoms with van der Waals surface area (Å²) in [6, 6.07) is 6.39. The summed E-state index contributed by atoms with van der Waals surface area (Å²) in [5.74, 6) is 0.904. The number of phenolic OH excluding ortho intramolecular Hbond substituents is 1. The first kappa shape index (κ1) is 20.5. The van der Waals surface area contributed by atoms with Gasteiger partial charge >= 0.3 is 0 Å². The van der Waals surface area contributed by atoms with E-state index < -0.39 is 6.04 Å². The van der Waals surface area contributed by atoms with Crippen LogP contribution in [0.25, 0.3) is 0 Å². The smallest absolute Gasteiger partial charge is 0.160 e. The third-order valence-corrected chi connectivity index (χ3v) is 5.39. The van der Waals surface area contributed by atoms with E-state index >= 15 is 0 Å². The third kappa shape index (κ3) is 5.17. The molecule has 7 heteroatoms. The molecule has 1 unspecified atom stereocenters. The van der Waals surface area contributed by atoms with Crippen LogP contribution >= 0.6 is 0 Å². The maximum atomic E-state index is 13.3. The Bertz CT molecular complexity index is 765. The highest BCUT2D eigenvalue weighted by atomic mass is 16.3. The van der Waals surface area contributed by atoms with Crippen LogP contribution in [0.3, 0.4) is 0 Å². The molecule has 2 heterocycles. The number of Topliss-reactive ketones (excluding diaryl/α,β-unsaturated/α-hetero) is 1. The second-order valence-electron chi connectivity index (χ2n) is 8.17. The number of hydrogen-bond acceptors (Lipinski definition) is 6. The van der Waals surface area contributed by atoms with Gasteiger partial charge < -0.3 is 16.2 Å². The lowest BCUT2D eigenvalue weighted by Gasteiger charge is -2.26. The van der Waals surface area contributed by atoms with Crippen molar-refractivity contribution in [1.29, 1.82) is 0 Å². The molecule has 7 nitrogen and oxygen atoms in total. The Morgan fingerprint density at radius 2 is 1.96 bits per heavy atom. The third-order valence-electron chi connectivity index (χ3n) is 5.39. The van der Waals surface area contributed by atoms with Gasteiger partial charge in [0.05, 0.1) is 17.9 Å². The van der Waals surface area contributed by atoms with Crippen LogP contribution < -0.4 is 11.1 Å². The summed E-state index contributed by atoms with van der Waals surface area (Å²) in [6.45, 7) is 5.98. The van der Waals surface area contributed by atoms with Gasteiger partial charge in [0, 0.05) is 12.3 Å². The molecule has 1 aromatic carbocycles. The first-order valence-corrected chi connectivity index (χ1v) is 10.1. The van der Waals surface area contributed by atoms with Gasteiger partial charge in [-0.3, -0.25) is 4.79 Å². The lowest BCUT2D eigenvalue weighted by Crippen LogP contribution is -2.36. The summed E-state index contributed by atoms with van der Waals surface area (Å²) in [6.07, 6.45) is 4.87. The molecule has 0 aliphatic carbocycles. The van der Waals surface area contributed by atoms with Gasteiger partial charge in [-0.15, -0.1) is 5.10 Å². The lowest BCUT2D eigenvalue weighted by molar-refractivity contribution is -0.127. The molecule has 1 fully saturated rings. The van der Waals surface area contributed by atoms with E-state index in [1.807, 2.05) is 18.3 Å². The topological polar surface area (TPSA) is 106 Å². The quantitative estimate of drug-likeness (QED) is 0.644. The summed E-state index contributed by atoms with van der Waals surface area (Å²) in [4.78, 5) is 13.3. The van der Waals surface area contributed by atoms with Crippen molar-refractivity contribution >= 4 is 5.78 Å². The van der Waals surface area contributed by atoms with Gasteiger partial charge in [-0.25, -0.2) is 4.68 Å². The number of hydrogen-bond donors (Lipinski definition) is 3. The number of nitrogens with two attached hydrogens (primary N) is 1. The molecule has 3 rings (SSSR count). The molecule has 152 valence electrons. The zero-order valence-electron chi connectivity index (χ0n) is 16.7. The first-order valence-electron chi connectivity index (χ1n) is 10.1. The van der Waals surface area contributed by atoms with Gasteiger partial charge in [0.25, 0.3) is 0 Å². The summed E-state index contributed by atoms with van der Waals surface area (Å²) < 4.78 is 1.69. The molecule has 4 N–H and O–H groups in total. The average Bonchev–Trinajstić information content (AvgIpc) is 3.17. The molecule has 1 aliphatic rings. The van der Waals surface area contributed by atoms with E-state index in [2.05, 4.69) is 29.5 Å². The first-order chi connectivity index (χ1) is 13.4. The Kier molecular flexibility index (Phi) is 6.80. The fraction of sp³-hybridized carbons (Fsp3) is 0.571. The number of aromatic nitrogens is 3. The highest BCUT2D eigenvalue weighted by molar-refractivity contribution is 5.85. The number of aromatic hydroxyl groups is 1. The molecule has 1 aromatic heterocycles. The molecule has 2 atom stereocenters. The molecule has 0 amide bonds. The van der Waals surface area contributed by atoms with Gasteiger partial charge in [0.15, 0.2) is 5.78 Å². The monoisotopic (exact) mass is 385 g/mol. The number of ketones is 1. The SMILES string of the molecule is CC(C)C[C@H](N)c1cn(C(Cc2ccc(O)cc2)C(=O)C2CCNCC2)nn1. The number of benzene rings is 1. The summed E-state index contributed by atoms with van der Waals surface area (Å²) in [5.41, 5.74) is 7.97. The Balaban J connectivity index is 1.83. The standard InChI is InChI=1S/C21H31N5O2/c1-14(2)11-18(22)19-13-26(25-24-19)20(12-15-3-5-17(27)6-4-15)21(28)16-7-9-23-10-8-16/h3-6,13-14,16,18,20,23,27H,7-12,22H2,1-2H3/t18-,20?/m0/s1. The fourth-order valence-corrected chi connectivity index (χ4v) is 3.80. The minimum atomic E-state index is -0.417. The number of rotatable bonds is 8. The van der Waals surface area contributed by atoms with Crippen LogP contribution in [-0.2, 0) is 11.2 Å². The largest absolute Gasteiger partial charge is 0.508 e. The minimum absolute atomic E-state index is 0.0281. The highest BCUT2D eigenvalue weighted by Gasteiger charge is 2.31. The molecule has 0 bridgehead atoms. The van der Waals surface area contributed by atoms with Crippen LogP contribution in [0.15, 0.2) is 30.5 Å². The summed E-state index contributed by atoms with van der Waals surface area (Å²) in [7, 11) is 0. The predicted octanol–water partition coefficient (Wildman–Crippen LogP) is 2.38. The molecule has 0 spiro atoms. The van der Waals surface area contributed by atoms with Gasteiger partial charge in [0.1, 0.15) is 11.8 Å². The van der Waals surface area contributed by atoms with E-state index in [4.69, 9.17) is 5.73 Å². The number of carbonyl (C=O) groups excluding carboxylic acids is 1. The van der Waals surface area contributed by atoms with Crippen LogP contribution in [0.5, 0.6) is 5.75 Å². The molecule has 1 saturated heterocycles. The van der Waals surface area contributed by atoms with E-state index in [0.29, 0.717) is 12.3 Å². The molecule has 2 aromatic rings. The lowest BCUT2D eigenvalue weighted by atomic mass is 9.87. The van der Waals surface area contributed by atoms with E-state index in [9.17, 15) is 9.90 Å². The van der Waals surface area contributed by atoms with Gasteiger partial charge in [-0.1, -0.05) is 31.2 Å². The molecule has 28 heavy (non-hydrogen) atoms. The van der Waals surface area contributed by atoms with E-state index in [0.717, 1.165) is 43.6 Å². The molecular formula is C21H31N5O2. The maximum Gasteiger partial charge on any atom is 0.160 e. The Morgan fingerprint density at radius 1 is 1.29 bits per heavy atom. The van der Waals surface area contributed by atoms with Crippen molar-refractivity contribution in [2.45, 2.75) is 51.6 Å². The number of piperidine rings is 1. The number of carbonyl (C=O) groups is 1. The van der Waals surface area contributed by atoms with Crippen molar-refractivity contribution in [2.24, 2.45) is 17.6 Å². The predicted molar refractivity (Wildman–Crippen MR) is 108 cm³/mol. The Morgan fingerprint density at radius 3 is 2.61 bits per heavy atom. The van der Waals surface area contributed by atoms with Crippen LogP contribution in [0.1, 0.15) is 56.5 Å². The normalized spacial score (nSPS) is 17.6. The Labute approximate surface area is 166 Å². The van der Waals surface area contributed by atoms with Crippen LogP contribution in [0, 0.1) is 11.8 Å². The van der Waals surface area contributed by atoms with Crippen molar-refractivity contribution in [3.8, 4) is 5.75 Å². The highest BCUT2D eigenvalue weighted by Crippen LogP contribution is 2.26. The van der Waals surface area contributed by atoms with Gasteiger partial charge in [-0.2, -0.15) is 0 Å². The van der Waals surface area contributed by atoms with Crippen LogP contribution in [-0.4, -0.2) is 39.0 Å². The number of nitrogens with one attached hydrogen (secondary N) is 1. The van der Waals surface area contributed by atoms with E-state index in [-0.39, 0.29) is 23.5 Å². The maximum absolute atomic E-state index is 13.3. The van der Waals surface area contributed by atoms with Crippen molar-refractivity contribution < 1.29 is 9.90 Å². The average molecular weight is 386 g/mol. The molecule has 0 radical (unpaired) electrons. The minimum Gasteiger partial charge on any atom is -0.508 e. The van der Waals surface area contributed by atoms with Crippen LogP contribution in [0.2, 0.25) is 0 Å². The zero-order valence-corrected chi connectivity index (χ0v) is 16.7. The fourth-order valence-electron chi connectivity index (χ4n) is 3.80. The van der Waals surface area contributed by atoms with Crippen LogP contribution in [0.4, 0.5) is 0 Å². The van der Waals surface area contributed by atoms with Gasteiger partial charge in [-0.05, 0) is 56.0 Å². The second kappa shape index (κ2) is 9.30. The number of phenols is 1. The van der Waals surface area contributed by atoms with E-state index in [1.165, 1.54) is 0 Å². The summed E-state index contributed by atoms with van der Waals surface area (Å²) >= 11 is 0. The molecular weight excluding hydrogens is 354 g/mol. The van der Waals surface area contributed by atoms with E-state index in [1.54, 1.807) is 16.8 Å². The van der Waals surface area contributed by atoms with Crippen molar-refractivity contribution in [2.75, 3.05) is 13.1 Å². The summed E-state index contributed by atoms with van der Waals surface area (Å²) in [5, 5.41) is 21.4. The molecule has 1 aliphatic heterocycles. The Hall–Kier alpha value is -2.25. The van der Waals surface area contributed by atoms with Crippen molar-refractivity contribution in [3.63, 3.8) is 0 Å². The molecule has 0 saturated carbocycles. The second-order valence-corrected chi connectivity index (χ2v) is 8.17. The zero-order chi connectivity index (χ0) is 20.1.